The molecule has 1 aliphatic heterocycles. The summed E-state index contributed by atoms with van der Waals surface area (Å²) in [5, 5.41) is 26.4. The van der Waals surface area contributed by atoms with Gasteiger partial charge < -0.3 is 25.8 Å². The van der Waals surface area contributed by atoms with Crippen LogP contribution >= 0.6 is 0 Å². The Bertz CT molecular complexity index is 120. The maximum Gasteiger partial charge on any atom is 0.172 e. The molecule has 0 aliphatic carbocycles. The number of ether oxygens (including phenoxy) is 1. The fraction of sp³-hybridized carbons (Fsp3) is 1.00. The first-order valence-electron chi connectivity index (χ1n) is 3.05. The molecule has 1 aliphatic rings. The highest BCUT2D eigenvalue weighted by Gasteiger charge is 2.39. The van der Waals surface area contributed by atoms with E-state index in [1.165, 1.54) is 0 Å². The largest absolute Gasteiger partial charge is 0.394 e. The molecule has 10 heavy (non-hydrogen) atoms. The lowest BCUT2D eigenvalue weighted by Gasteiger charge is -2.10. The van der Waals surface area contributed by atoms with Crippen molar-refractivity contribution >= 4 is 0 Å². The molecule has 5 N–H and O–H groups in total. The second kappa shape index (κ2) is 2.81. The van der Waals surface area contributed by atoms with E-state index in [1.54, 1.807) is 0 Å². The van der Waals surface area contributed by atoms with Gasteiger partial charge >= 0.3 is 0 Å². The Morgan fingerprint density at radius 2 is 2.00 bits per heavy atom. The minimum absolute atomic E-state index is 0.327. The Morgan fingerprint density at radius 3 is 2.20 bits per heavy atom. The van der Waals surface area contributed by atoms with Gasteiger partial charge in [0.1, 0.15) is 12.2 Å². The van der Waals surface area contributed by atoms with E-state index in [-0.39, 0.29) is 6.61 Å². The van der Waals surface area contributed by atoms with Crippen LogP contribution < -0.4 is 5.73 Å². The molecule has 5 nitrogen and oxygen atoms in total. The summed E-state index contributed by atoms with van der Waals surface area (Å²) in [5.41, 5.74) is 5.25. The lowest BCUT2D eigenvalue weighted by Crippen LogP contribution is -2.40. The molecule has 1 saturated heterocycles. The highest BCUT2D eigenvalue weighted by atomic mass is 16.6. The average molecular weight is 149 g/mol. The summed E-state index contributed by atoms with van der Waals surface area (Å²) in [5.74, 6) is 0. The van der Waals surface area contributed by atoms with Crippen LogP contribution in [-0.2, 0) is 4.74 Å². The predicted octanol–water partition coefficient (Wildman–Crippen LogP) is -2.62. The summed E-state index contributed by atoms with van der Waals surface area (Å²) in [6, 6.07) is -0.808. The van der Waals surface area contributed by atoms with Crippen molar-refractivity contribution in [2.75, 3.05) is 6.61 Å². The van der Waals surface area contributed by atoms with Gasteiger partial charge in [-0.1, -0.05) is 0 Å². The van der Waals surface area contributed by atoms with Crippen molar-refractivity contribution in [3.05, 3.63) is 0 Å². The molecule has 0 bridgehead atoms. The van der Waals surface area contributed by atoms with Gasteiger partial charge in [-0.3, -0.25) is 0 Å². The van der Waals surface area contributed by atoms with Crippen LogP contribution in [0.1, 0.15) is 0 Å². The number of aliphatic hydroxyl groups is 3. The summed E-state index contributed by atoms with van der Waals surface area (Å²) >= 11 is 0. The van der Waals surface area contributed by atoms with Crippen LogP contribution in [0.4, 0.5) is 0 Å². The van der Waals surface area contributed by atoms with Gasteiger partial charge in [0.05, 0.1) is 12.6 Å². The Hall–Kier alpha value is -0.200. The van der Waals surface area contributed by atoms with E-state index in [9.17, 15) is 0 Å². The van der Waals surface area contributed by atoms with Crippen molar-refractivity contribution in [3.63, 3.8) is 0 Å². The van der Waals surface area contributed by atoms with Crippen LogP contribution in [0.2, 0.25) is 0 Å². The minimum Gasteiger partial charge on any atom is -0.394 e. The molecule has 1 rings (SSSR count). The average Bonchev–Trinajstić information content (AvgIpc) is 2.17. The van der Waals surface area contributed by atoms with Gasteiger partial charge in [0.15, 0.2) is 6.29 Å². The maximum atomic E-state index is 9.06. The lowest BCUT2D eigenvalue weighted by molar-refractivity contribution is -0.110. The zero-order valence-corrected chi connectivity index (χ0v) is 5.34. The summed E-state index contributed by atoms with van der Waals surface area (Å²) in [7, 11) is 0. The summed E-state index contributed by atoms with van der Waals surface area (Å²) in [6.45, 7) is -0.327. The Kier molecular flexibility index (Phi) is 2.22. The normalized spacial score (nSPS) is 48.0. The first-order valence-corrected chi connectivity index (χ1v) is 3.05. The van der Waals surface area contributed by atoms with Crippen LogP contribution in [0.25, 0.3) is 0 Å². The van der Waals surface area contributed by atoms with Crippen molar-refractivity contribution in [2.24, 2.45) is 5.73 Å². The highest BCUT2D eigenvalue weighted by Crippen LogP contribution is 2.16. The van der Waals surface area contributed by atoms with Crippen LogP contribution in [-0.4, -0.2) is 46.5 Å². The molecular weight excluding hydrogens is 138 g/mol. The Labute approximate surface area is 58.0 Å². The van der Waals surface area contributed by atoms with E-state index in [2.05, 4.69) is 4.74 Å². The zero-order valence-electron chi connectivity index (χ0n) is 5.34. The summed E-state index contributed by atoms with van der Waals surface area (Å²) in [4.78, 5) is 0. The third-order valence-electron chi connectivity index (χ3n) is 1.60. The fourth-order valence-electron chi connectivity index (χ4n) is 0.918. The smallest absolute Gasteiger partial charge is 0.172 e. The van der Waals surface area contributed by atoms with Gasteiger partial charge in [-0.15, -0.1) is 0 Å². The van der Waals surface area contributed by atoms with Gasteiger partial charge in [-0.25, -0.2) is 0 Å². The van der Waals surface area contributed by atoms with Crippen molar-refractivity contribution in [2.45, 2.75) is 24.5 Å². The van der Waals surface area contributed by atoms with Crippen LogP contribution in [0.15, 0.2) is 0 Å². The molecule has 5 heteroatoms. The van der Waals surface area contributed by atoms with E-state index in [0.717, 1.165) is 0 Å². The van der Waals surface area contributed by atoms with E-state index < -0.39 is 24.5 Å². The summed E-state index contributed by atoms with van der Waals surface area (Å²) in [6.07, 6.45) is -2.88. The van der Waals surface area contributed by atoms with Crippen LogP contribution in [0, 0.1) is 0 Å². The fourth-order valence-corrected chi connectivity index (χ4v) is 0.918. The van der Waals surface area contributed by atoms with E-state index in [0.29, 0.717) is 0 Å². The first kappa shape index (κ1) is 7.90. The molecular formula is C5H11NO4. The van der Waals surface area contributed by atoms with E-state index in [1.807, 2.05) is 0 Å². The molecule has 0 amide bonds. The Balaban J connectivity index is 2.53. The zero-order chi connectivity index (χ0) is 7.72. The number of hydrogen-bond acceptors (Lipinski definition) is 5. The Morgan fingerprint density at radius 1 is 1.40 bits per heavy atom. The lowest BCUT2D eigenvalue weighted by atomic mass is 10.1. The molecule has 0 aromatic heterocycles. The standard InChI is InChI=1S/C5H11NO4/c6-3-4(8)2(1-7)10-5(3)9/h2-5,7-9H,1,6H2/t2-,3+,4-,5+/m1/s1. The molecule has 60 valence electrons. The third-order valence-corrected chi connectivity index (χ3v) is 1.60. The molecule has 4 atom stereocenters. The molecule has 0 aromatic rings. The molecule has 0 radical (unpaired) electrons. The van der Waals surface area contributed by atoms with Crippen LogP contribution in [0.3, 0.4) is 0 Å². The van der Waals surface area contributed by atoms with Gasteiger partial charge in [-0.05, 0) is 0 Å². The molecule has 0 spiro atoms. The van der Waals surface area contributed by atoms with Gasteiger partial charge in [-0.2, -0.15) is 0 Å². The molecule has 1 heterocycles. The topological polar surface area (TPSA) is 95.9 Å². The van der Waals surface area contributed by atoms with Gasteiger partial charge in [0.25, 0.3) is 0 Å². The monoisotopic (exact) mass is 149 g/mol. The SMILES string of the molecule is N[C@H]1[C@H](O)[C@@H](CO)O[C@@H]1O. The van der Waals surface area contributed by atoms with Gasteiger partial charge in [0.2, 0.25) is 0 Å². The van der Waals surface area contributed by atoms with Crippen LogP contribution in [0.5, 0.6) is 0 Å². The van der Waals surface area contributed by atoms with Crippen molar-refractivity contribution in [1.29, 1.82) is 0 Å². The number of nitrogens with two attached hydrogens (primary N) is 1. The van der Waals surface area contributed by atoms with Gasteiger partial charge in [0, 0.05) is 0 Å². The minimum atomic E-state index is -1.16. The van der Waals surface area contributed by atoms with E-state index >= 15 is 0 Å². The molecule has 0 saturated carbocycles. The second-order valence-corrected chi connectivity index (χ2v) is 2.32. The highest BCUT2D eigenvalue weighted by molar-refractivity contribution is 4.88. The third kappa shape index (κ3) is 1.14. The number of aliphatic hydroxyl groups excluding tert-OH is 3. The molecule has 0 aromatic carbocycles. The quantitative estimate of drug-likeness (QED) is 0.327. The maximum absolute atomic E-state index is 9.06. The predicted molar refractivity (Wildman–Crippen MR) is 31.9 cm³/mol. The summed E-state index contributed by atoms with van der Waals surface area (Å²) < 4.78 is 4.67. The van der Waals surface area contributed by atoms with Crippen molar-refractivity contribution in [3.8, 4) is 0 Å². The second-order valence-electron chi connectivity index (χ2n) is 2.32. The van der Waals surface area contributed by atoms with Crippen molar-refractivity contribution < 1.29 is 20.1 Å². The molecule has 1 fully saturated rings. The van der Waals surface area contributed by atoms with E-state index in [4.69, 9.17) is 21.1 Å². The number of hydrogen-bond donors (Lipinski definition) is 4. The molecule has 0 unspecified atom stereocenters. The van der Waals surface area contributed by atoms with Crippen molar-refractivity contribution in [1.82, 2.24) is 0 Å². The first-order chi connectivity index (χ1) is 4.66. The number of rotatable bonds is 1.